The quantitative estimate of drug-likeness (QED) is 0.648. The van der Waals surface area contributed by atoms with E-state index in [-0.39, 0.29) is 6.04 Å². The van der Waals surface area contributed by atoms with Crippen LogP contribution in [0.1, 0.15) is 22.7 Å². The Balaban J connectivity index is 2.43. The SMILES string of the molecule is Cc1ccc2c(c1)CN(C)CC2N. The van der Waals surface area contributed by atoms with E-state index in [1.54, 1.807) is 0 Å². The van der Waals surface area contributed by atoms with Crippen molar-refractivity contribution in [2.75, 3.05) is 13.6 Å². The summed E-state index contributed by atoms with van der Waals surface area (Å²) < 4.78 is 0. The number of nitrogens with zero attached hydrogens (tertiary/aromatic N) is 1. The standard InChI is InChI=1S/C11H16N2/c1-8-3-4-10-9(5-8)6-13(2)7-11(10)12/h3-5,11H,6-7,12H2,1-2H3. The summed E-state index contributed by atoms with van der Waals surface area (Å²) in [6.45, 7) is 4.13. The van der Waals surface area contributed by atoms with Crippen molar-refractivity contribution in [2.45, 2.75) is 19.5 Å². The average molecular weight is 176 g/mol. The maximum absolute atomic E-state index is 6.05. The Kier molecular flexibility index (Phi) is 2.10. The first kappa shape index (κ1) is 8.73. The van der Waals surface area contributed by atoms with Crippen molar-refractivity contribution >= 4 is 0 Å². The molecule has 1 atom stereocenters. The highest BCUT2D eigenvalue weighted by Gasteiger charge is 2.19. The minimum absolute atomic E-state index is 0.189. The molecule has 1 aromatic rings. The Morgan fingerprint density at radius 3 is 3.00 bits per heavy atom. The van der Waals surface area contributed by atoms with E-state index < -0.39 is 0 Å². The lowest BCUT2D eigenvalue weighted by molar-refractivity contribution is 0.283. The van der Waals surface area contributed by atoms with E-state index in [4.69, 9.17) is 5.73 Å². The monoisotopic (exact) mass is 176 g/mol. The minimum Gasteiger partial charge on any atom is -0.323 e. The fourth-order valence-corrected chi connectivity index (χ4v) is 2.02. The molecule has 2 heteroatoms. The van der Waals surface area contributed by atoms with E-state index in [1.807, 2.05) is 0 Å². The number of rotatable bonds is 0. The van der Waals surface area contributed by atoms with Gasteiger partial charge in [-0.1, -0.05) is 23.8 Å². The van der Waals surface area contributed by atoms with Crippen LogP contribution in [0.15, 0.2) is 18.2 Å². The molecule has 2 nitrogen and oxygen atoms in total. The maximum atomic E-state index is 6.05. The van der Waals surface area contributed by atoms with Crippen LogP contribution in [0.25, 0.3) is 0 Å². The molecule has 1 heterocycles. The number of fused-ring (bicyclic) bond motifs is 1. The second-order valence-electron chi connectivity index (χ2n) is 4.01. The summed E-state index contributed by atoms with van der Waals surface area (Å²) in [5, 5.41) is 0. The molecular weight excluding hydrogens is 160 g/mol. The first-order chi connectivity index (χ1) is 6.16. The second-order valence-corrected chi connectivity index (χ2v) is 4.01. The van der Waals surface area contributed by atoms with Crippen LogP contribution in [0.4, 0.5) is 0 Å². The van der Waals surface area contributed by atoms with Crippen molar-refractivity contribution in [2.24, 2.45) is 5.73 Å². The maximum Gasteiger partial charge on any atom is 0.0427 e. The van der Waals surface area contributed by atoms with E-state index in [2.05, 4.69) is 37.1 Å². The molecule has 70 valence electrons. The van der Waals surface area contributed by atoms with E-state index >= 15 is 0 Å². The molecule has 0 spiro atoms. The molecule has 1 aromatic carbocycles. The Hall–Kier alpha value is -0.860. The molecular formula is C11H16N2. The summed E-state index contributed by atoms with van der Waals surface area (Å²) in [5.74, 6) is 0. The Labute approximate surface area is 79.4 Å². The zero-order chi connectivity index (χ0) is 9.42. The van der Waals surface area contributed by atoms with Gasteiger partial charge in [-0.15, -0.1) is 0 Å². The van der Waals surface area contributed by atoms with Gasteiger partial charge in [-0.25, -0.2) is 0 Å². The lowest BCUT2D eigenvalue weighted by atomic mass is 9.95. The fraction of sp³-hybridized carbons (Fsp3) is 0.455. The number of nitrogens with two attached hydrogens (primary N) is 1. The van der Waals surface area contributed by atoms with Gasteiger partial charge >= 0.3 is 0 Å². The fourth-order valence-electron chi connectivity index (χ4n) is 2.02. The number of hydrogen-bond acceptors (Lipinski definition) is 2. The zero-order valence-corrected chi connectivity index (χ0v) is 8.25. The summed E-state index contributed by atoms with van der Waals surface area (Å²) in [5.41, 5.74) is 10.1. The molecule has 1 unspecified atom stereocenters. The van der Waals surface area contributed by atoms with Gasteiger partial charge in [0, 0.05) is 19.1 Å². The summed E-state index contributed by atoms with van der Waals surface area (Å²) in [6, 6.07) is 6.74. The van der Waals surface area contributed by atoms with Gasteiger partial charge in [-0.05, 0) is 25.1 Å². The minimum atomic E-state index is 0.189. The largest absolute Gasteiger partial charge is 0.323 e. The molecule has 0 amide bonds. The van der Waals surface area contributed by atoms with Crippen LogP contribution in [0.5, 0.6) is 0 Å². The number of aryl methyl sites for hydroxylation is 1. The number of benzene rings is 1. The van der Waals surface area contributed by atoms with Gasteiger partial charge in [0.25, 0.3) is 0 Å². The van der Waals surface area contributed by atoms with E-state index in [9.17, 15) is 0 Å². The van der Waals surface area contributed by atoms with Crippen LogP contribution >= 0.6 is 0 Å². The molecule has 0 saturated carbocycles. The summed E-state index contributed by atoms with van der Waals surface area (Å²) in [6.07, 6.45) is 0. The highest BCUT2D eigenvalue weighted by Crippen LogP contribution is 2.24. The van der Waals surface area contributed by atoms with E-state index in [1.165, 1.54) is 16.7 Å². The van der Waals surface area contributed by atoms with Crippen LogP contribution in [0.2, 0.25) is 0 Å². The average Bonchev–Trinajstić information content (AvgIpc) is 2.02. The van der Waals surface area contributed by atoms with Crippen molar-refractivity contribution < 1.29 is 0 Å². The lowest BCUT2D eigenvalue weighted by Gasteiger charge is -2.30. The topological polar surface area (TPSA) is 29.3 Å². The molecule has 0 aliphatic carbocycles. The molecule has 0 saturated heterocycles. The highest BCUT2D eigenvalue weighted by molar-refractivity contribution is 5.35. The molecule has 0 fully saturated rings. The summed E-state index contributed by atoms with van der Waals surface area (Å²) in [7, 11) is 2.12. The smallest absolute Gasteiger partial charge is 0.0427 e. The van der Waals surface area contributed by atoms with Gasteiger partial charge in [0.15, 0.2) is 0 Å². The number of likely N-dealkylation sites (N-methyl/N-ethyl adjacent to an activating group) is 1. The highest BCUT2D eigenvalue weighted by atomic mass is 15.1. The zero-order valence-electron chi connectivity index (χ0n) is 8.25. The van der Waals surface area contributed by atoms with Crippen molar-refractivity contribution in [3.63, 3.8) is 0 Å². The lowest BCUT2D eigenvalue weighted by Crippen LogP contribution is -2.34. The molecule has 1 aliphatic heterocycles. The van der Waals surface area contributed by atoms with Crippen molar-refractivity contribution in [1.82, 2.24) is 4.90 Å². The summed E-state index contributed by atoms with van der Waals surface area (Å²) in [4.78, 5) is 2.27. The van der Waals surface area contributed by atoms with Gasteiger partial charge in [0.1, 0.15) is 0 Å². The Morgan fingerprint density at radius 1 is 1.46 bits per heavy atom. The van der Waals surface area contributed by atoms with Crippen LogP contribution in [0.3, 0.4) is 0 Å². The Bertz CT molecular complexity index is 320. The number of hydrogen-bond donors (Lipinski definition) is 1. The molecule has 1 aliphatic rings. The third-order valence-electron chi connectivity index (χ3n) is 2.65. The van der Waals surface area contributed by atoms with Gasteiger partial charge in [-0.2, -0.15) is 0 Å². The molecule has 0 radical (unpaired) electrons. The van der Waals surface area contributed by atoms with Crippen LogP contribution in [-0.4, -0.2) is 18.5 Å². The first-order valence-electron chi connectivity index (χ1n) is 4.70. The van der Waals surface area contributed by atoms with Gasteiger partial charge in [-0.3, -0.25) is 0 Å². The predicted octanol–water partition coefficient (Wildman–Crippen LogP) is 1.44. The van der Waals surface area contributed by atoms with Crippen molar-refractivity contribution in [1.29, 1.82) is 0 Å². The van der Waals surface area contributed by atoms with Crippen LogP contribution in [-0.2, 0) is 6.54 Å². The van der Waals surface area contributed by atoms with Crippen molar-refractivity contribution in [3.05, 3.63) is 34.9 Å². The summed E-state index contributed by atoms with van der Waals surface area (Å²) >= 11 is 0. The van der Waals surface area contributed by atoms with Crippen LogP contribution < -0.4 is 5.73 Å². The molecule has 2 N–H and O–H groups in total. The van der Waals surface area contributed by atoms with E-state index in [0.717, 1.165) is 13.1 Å². The van der Waals surface area contributed by atoms with Crippen LogP contribution in [0, 0.1) is 6.92 Å². The normalized spacial score (nSPS) is 22.8. The van der Waals surface area contributed by atoms with Gasteiger partial charge in [0.05, 0.1) is 0 Å². The Morgan fingerprint density at radius 2 is 2.23 bits per heavy atom. The van der Waals surface area contributed by atoms with Gasteiger partial charge < -0.3 is 10.6 Å². The molecule has 2 rings (SSSR count). The predicted molar refractivity (Wildman–Crippen MR) is 54.4 cm³/mol. The molecule has 0 bridgehead atoms. The second kappa shape index (κ2) is 3.13. The first-order valence-corrected chi connectivity index (χ1v) is 4.70. The van der Waals surface area contributed by atoms with E-state index in [0.29, 0.717) is 0 Å². The van der Waals surface area contributed by atoms with Crippen molar-refractivity contribution in [3.8, 4) is 0 Å². The van der Waals surface area contributed by atoms with Gasteiger partial charge in [0.2, 0.25) is 0 Å². The molecule has 0 aromatic heterocycles. The third kappa shape index (κ3) is 1.60. The third-order valence-corrected chi connectivity index (χ3v) is 2.65. The molecule has 13 heavy (non-hydrogen) atoms.